The van der Waals surface area contributed by atoms with Gasteiger partial charge in [0.2, 0.25) is 0 Å². The van der Waals surface area contributed by atoms with Crippen LogP contribution in [-0.2, 0) is 6.42 Å². The van der Waals surface area contributed by atoms with Gasteiger partial charge in [0, 0.05) is 6.42 Å². The molecule has 0 radical (unpaired) electrons. The van der Waals surface area contributed by atoms with E-state index in [9.17, 15) is 5.11 Å². The highest BCUT2D eigenvalue weighted by Crippen LogP contribution is 2.35. The van der Waals surface area contributed by atoms with Crippen LogP contribution in [0.5, 0.6) is 0 Å². The lowest BCUT2D eigenvalue weighted by Crippen LogP contribution is -2.36. The molecule has 0 saturated heterocycles. The fourth-order valence-corrected chi connectivity index (χ4v) is 2.69. The normalized spacial score (nSPS) is 16.2. The second kappa shape index (κ2) is 5.98. The van der Waals surface area contributed by atoms with Crippen molar-refractivity contribution < 1.29 is 5.11 Å². The molecule has 1 nitrogen and oxygen atoms in total. The monoisotopic (exact) mass is 304 g/mol. The average Bonchev–Trinajstić information content (AvgIpc) is 2.63. The second-order valence-electron chi connectivity index (χ2n) is 6.65. The van der Waals surface area contributed by atoms with Crippen LogP contribution in [-0.4, -0.2) is 16.1 Å². The maximum atomic E-state index is 10.5. The average molecular weight is 305 g/mol. The highest BCUT2D eigenvalue weighted by atomic mass is 35.5. The molecule has 0 fully saturated rings. The Morgan fingerprint density at radius 2 is 1.76 bits per heavy atom. The van der Waals surface area contributed by atoms with E-state index < -0.39 is 5.60 Å². The molecule has 114 valence electrons. The van der Waals surface area contributed by atoms with Crippen LogP contribution in [0, 0.1) is 6.92 Å². The van der Waals surface area contributed by atoms with Crippen LogP contribution in [0.3, 0.4) is 0 Å². The second-order valence-corrected chi connectivity index (χ2v) is 7.31. The lowest BCUT2D eigenvalue weighted by Gasteiger charge is -2.26. The van der Waals surface area contributed by atoms with Gasteiger partial charge in [0.15, 0.2) is 0 Å². The number of halogens is 1. The topological polar surface area (TPSA) is 20.2 Å². The molecule has 2 aliphatic rings. The van der Waals surface area contributed by atoms with Crippen molar-refractivity contribution in [3.8, 4) is 11.1 Å². The molecule has 0 bridgehead atoms. The Morgan fingerprint density at radius 1 is 1.10 bits per heavy atom. The van der Waals surface area contributed by atoms with Gasteiger partial charge >= 0.3 is 0 Å². The van der Waals surface area contributed by atoms with Crippen LogP contribution in [0.25, 0.3) is 11.1 Å². The Hall–Kier alpha value is -1.05. The fourth-order valence-electron chi connectivity index (χ4n) is 2.61. The Bertz CT molecular complexity index is 599. The Morgan fingerprint density at radius 3 is 2.33 bits per heavy atom. The fraction of sp³-hybridized carbons (Fsp3) is 0.474. The maximum Gasteiger partial charge on any atom is 0.0820 e. The van der Waals surface area contributed by atoms with E-state index in [1.54, 1.807) is 0 Å². The summed E-state index contributed by atoms with van der Waals surface area (Å²) in [5.74, 6) is 0.482. The third kappa shape index (κ3) is 3.41. The molecule has 0 aliphatic heterocycles. The van der Waals surface area contributed by atoms with Gasteiger partial charge in [-0.2, -0.15) is 0 Å². The van der Waals surface area contributed by atoms with Gasteiger partial charge in [-0.3, -0.25) is 0 Å². The van der Waals surface area contributed by atoms with E-state index in [0.717, 1.165) is 5.56 Å². The first-order chi connectivity index (χ1) is 9.72. The number of rotatable bonds is 4. The molecule has 0 spiro atoms. The van der Waals surface area contributed by atoms with Crippen molar-refractivity contribution in [1.82, 2.24) is 0 Å². The SMILES string of the molecule is Cc1ccc2c(CC(C)(O)C(C)Cl)ccc(C(C)C)cc1-2. The lowest BCUT2D eigenvalue weighted by atomic mass is 9.91. The molecule has 0 heterocycles. The first kappa shape index (κ1) is 16.3. The van der Waals surface area contributed by atoms with Gasteiger partial charge in [-0.1, -0.05) is 44.2 Å². The molecule has 2 heteroatoms. The summed E-state index contributed by atoms with van der Waals surface area (Å²) in [5, 5.41) is 10.2. The van der Waals surface area contributed by atoms with Crippen LogP contribution in [0.2, 0.25) is 0 Å². The summed E-state index contributed by atoms with van der Waals surface area (Å²) >= 11 is 6.14. The summed E-state index contributed by atoms with van der Waals surface area (Å²) in [4.78, 5) is 0. The maximum absolute atomic E-state index is 10.5. The van der Waals surface area contributed by atoms with Gasteiger partial charge in [0.05, 0.1) is 11.0 Å². The zero-order valence-electron chi connectivity index (χ0n) is 13.6. The van der Waals surface area contributed by atoms with Crippen molar-refractivity contribution in [2.75, 3.05) is 0 Å². The standard InChI is InChI=1S/C19H25ClO/c1-12(2)15-7-8-16(11-19(5,21)14(4)20)17-9-6-13(3)18(17)10-15/h6-10,12,14,21H,11H2,1-5H3. The molecule has 2 unspecified atom stereocenters. The first-order valence-electron chi connectivity index (χ1n) is 7.61. The molecule has 2 aliphatic carbocycles. The third-order valence-corrected chi connectivity index (χ3v) is 4.89. The third-order valence-electron chi connectivity index (χ3n) is 4.42. The molecule has 0 aromatic heterocycles. The van der Waals surface area contributed by atoms with E-state index >= 15 is 0 Å². The highest BCUT2D eigenvalue weighted by Gasteiger charge is 2.28. The summed E-state index contributed by atoms with van der Waals surface area (Å²) in [5.41, 5.74) is 5.34. The van der Waals surface area contributed by atoms with Gasteiger partial charge in [-0.05, 0) is 54.5 Å². The zero-order chi connectivity index (χ0) is 15.8. The molecule has 21 heavy (non-hydrogen) atoms. The largest absolute Gasteiger partial charge is 0.388 e. The van der Waals surface area contributed by atoms with Gasteiger partial charge in [-0.15, -0.1) is 11.6 Å². The summed E-state index contributed by atoms with van der Waals surface area (Å²) in [7, 11) is 0. The van der Waals surface area contributed by atoms with Crippen LogP contribution >= 0.6 is 11.6 Å². The van der Waals surface area contributed by atoms with Crippen molar-refractivity contribution in [3.63, 3.8) is 0 Å². The molecule has 0 saturated carbocycles. The number of fused-ring (bicyclic) bond motifs is 1. The van der Waals surface area contributed by atoms with E-state index in [4.69, 9.17) is 11.6 Å². The minimum atomic E-state index is -0.911. The summed E-state index contributed by atoms with van der Waals surface area (Å²) in [6, 6.07) is 10.9. The smallest absolute Gasteiger partial charge is 0.0820 e. The van der Waals surface area contributed by atoms with Crippen molar-refractivity contribution in [3.05, 3.63) is 47.0 Å². The van der Waals surface area contributed by atoms with Crippen molar-refractivity contribution in [2.45, 2.75) is 57.9 Å². The Balaban J connectivity index is 2.54. The number of hydrogen-bond donors (Lipinski definition) is 1. The number of alkyl halides is 1. The van der Waals surface area contributed by atoms with E-state index in [2.05, 4.69) is 51.1 Å². The van der Waals surface area contributed by atoms with Crippen LogP contribution in [0.4, 0.5) is 0 Å². The quantitative estimate of drug-likeness (QED) is 0.775. The van der Waals surface area contributed by atoms with Gasteiger partial charge in [0.1, 0.15) is 0 Å². The van der Waals surface area contributed by atoms with E-state index in [-0.39, 0.29) is 5.38 Å². The van der Waals surface area contributed by atoms with Crippen molar-refractivity contribution >= 4 is 11.6 Å². The number of aryl methyl sites for hydroxylation is 1. The molecular formula is C19H25ClO. The van der Waals surface area contributed by atoms with E-state index in [1.165, 1.54) is 22.3 Å². The first-order valence-corrected chi connectivity index (χ1v) is 8.04. The van der Waals surface area contributed by atoms with Crippen molar-refractivity contribution in [1.29, 1.82) is 0 Å². The van der Waals surface area contributed by atoms with Gasteiger partial charge in [0.25, 0.3) is 0 Å². The molecule has 0 aromatic rings. The van der Waals surface area contributed by atoms with E-state index in [0.29, 0.717) is 12.3 Å². The van der Waals surface area contributed by atoms with Gasteiger partial charge in [-0.25, -0.2) is 0 Å². The molecular weight excluding hydrogens is 280 g/mol. The number of aliphatic hydroxyl groups is 1. The Kier molecular flexibility index (Phi) is 4.65. The van der Waals surface area contributed by atoms with Crippen LogP contribution in [0.15, 0.2) is 30.3 Å². The van der Waals surface area contributed by atoms with Crippen molar-refractivity contribution in [2.24, 2.45) is 0 Å². The number of hydrogen-bond acceptors (Lipinski definition) is 1. The minimum absolute atomic E-state index is 0.293. The lowest BCUT2D eigenvalue weighted by molar-refractivity contribution is 0.0604. The molecule has 0 aromatic carbocycles. The van der Waals surface area contributed by atoms with E-state index in [1.807, 2.05) is 13.8 Å². The molecule has 2 atom stereocenters. The van der Waals surface area contributed by atoms with Crippen LogP contribution in [0.1, 0.15) is 50.3 Å². The van der Waals surface area contributed by atoms with Crippen LogP contribution < -0.4 is 0 Å². The molecule has 2 rings (SSSR count). The summed E-state index contributed by atoms with van der Waals surface area (Å²) < 4.78 is 0. The highest BCUT2D eigenvalue weighted by molar-refractivity contribution is 6.21. The zero-order valence-corrected chi connectivity index (χ0v) is 14.3. The predicted octanol–water partition coefficient (Wildman–Crippen LogP) is 5.14. The molecule has 0 amide bonds. The van der Waals surface area contributed by atoms with Gasteiger partial charge < -0.3 is 5.11 Å². The predicted molar refractivity (Wildman–Crippen MR) is 91.5 cm³/mol. The summed E-state index contributed by atoms with van der Waals surface area (Å²) in [6.45, 7) is 10.2. The molecule has 1 N–H and O–H groups in total. The Labute approximate surface area is 133 Å². The summed E-state index contributed by atoms with van der Waals surface area (Å²) in [6.07, 6.45) is 0.559. The minimum Gasteiger partial charge on any atom is -0.388 e.